The Morgan fingerprint density at radius 3 is 2.58 bits per heavy atom. The number of ether oxygens (including phenoxy) is 1. The lowest BCUT2D eigenvalue weighted by molar-refractivity contribution is -0.385. The van der Waals surface area contributed by atoms with Crippen molar-refractivity contribution in [2.24, 2.45) is 10.6 Å². The van der Waals surface area contributed by atoms with Crippen LogP contribution in [0.4, 0.5) is 10.5 Å². The summed E-state index contributed by atoms with van der Waals surface area (Å²) in [6.07, 6.45) is 0.135. The van der Waals surface area contributed by atoms with Gasteiger partial charge in [0.15, 0.2) is 5.75 Å². The number of nitrogens with zero attached hydrogens (tertiary/aromatic N) is 2. The van der Waals surface area contributed by atoms with Crippen molar-refractivity contribution in [2.45, 2.75) is 34.1 Å². The van der Waals surface area contributed by atoms with Crippen LogP contribution in [0.3, 0.4) is 0 Å². The third kappa shape index (κ3) is 6.23. The lowest BCUT2D eigenvalue weighted by atomic mass is 9.90. The highest BCUT2D eigenvalue weighted by Gasteiger charge is 2.23. The lowest BCUT2D eigenvalue weighted by Gasteiger charge is -2.20. The van der Waals surface area contributed by atoms with Crippen LogP contribution in [-0.4, -0.2) is 29.9 Å². The lowest BCUT2D eigenvalue weighted by Crippen LogP contribution is -2.29. The predicted molar refractivity (Wildman–Crippen MR) is 90.3 cm³/mol. The van der Waals surface area contributed by atoms with Gasteiger partial charge in [0.05, 0.1) is 4.92 Å². The van der Waals surface area contributed by atoms with Crippen molar-refractivity contribution in [1.82, 2.24) is 5.32 Å². The molecule has 0 aromatic heterocycles. The number of hydrogen-bond acceptors (Lipinski definition) is 6. The molecule has 0 spiro atoms. The number of hydrogen-bond donors (Lipinski definition) is 1. The molecule has 0 bridgehead atoms. The Kier molecular flexibility index (Phi) is 7.16. The standard InChI is InChI=1S/C16H23N3O5/c1-5-10-17-15(20)24-18-14(16(2,3)4)11-23-13-9-7-6-8-12(13)19(21)22/h6-9H,5,10-11H2,1-4H3,(H,17,20)/b18-14+. The van der Waals surface area contributed by atoms with Gasteiger partial charge in [-0.3, -0.25) is 15.0 Å². The fourth-order valence-electron chi connectivity index (χ4n) is 1.61. The van der Waals surface area contributed by atoms with Gasteiger partial charge in [-0.25, -0.2) is 4.79 Å². The molecule has 0 aliphatic rings. The van der Waals surface area contributed by atoms with E-state index in [4.69, 9.17) is 9.57 Å². The molecule has 8 heteroatoms. The van der Waals surface area contributed by atoms with Crippen LogP contribution < -0.4 is 10.1 Å². The van der Waals surface area contributed by atoms with Gasteiger partial charge in [-0.05, 0) is 12.5 Å². The van der Waals surface area contributed by atoms with Crippen molar-refractivity contribution >= 4 is 17.5 Å². The minimum absolute atomic E-state index is 0.0323. The number of rotatable bonds is 7. The maximum absolute atomic E-state index is 11.5. The van der Waals surface area contributed by atoms with E-state index in [9.17, 15) is 14.9 Å². The molecule has 0 heterocycles. The van der Waals surface area contributed by atoms with E-state index in [0.717, 1.165) is 6.42 Å². The van der Waals surface area contributed by atoms with E-state index in [2.05, 4.69) is 10.5 Å². The largest absolute Gasteiger partial charge is 0.480 e. The van der Waals surface area contributed by atoms with Crippen molar-refractivity contribution in [3.63, 3.8) is 0 Å². The van der Waals surface area contributed by atoms with Gasteiger partial charge in [-0.1, -0.05) is 45.0 Å². The number of nitro benzene ring substituents is 1. The molecule has 1 aromatic carbocycles. The summed E-state index contributed by atoms with van der Waals surface area (Å²) in [6.45, 7) is 8.01. The van der Waals surface area contributed by atoms with Crippen molar-refractivity contribution in [1.29, 1.82) is 0 Å². The Labute approximate surface area is 141 Å². The van der Waals surface area contributed by atoms with Gasteiger partial charge in [-0.2, -0.15) is 0 Å². The van der Waals surface area contributed by atoms with Gasteiger partial charge < -0.3 is 10.1 Å². The highest BCUT2D eigenvalue weighted by Crippen LogP contribution is 2.27. The van der Waals surface area contributed by atoms with E-state index in [-0.39, 0.29) is 18.0 Å². The Morgan fingerprint density at radius 1 is 1.33 bits per heavy atom. The first-order valence-electron chi connectivity index (χ1n) is 7.64. The van der Waals surface area contributed by atoms with Crippen molar-refractivity contribution in [3.8, 4) is 5.75 Å². The van der Waals surface area contributed by atoms with E-state index in [1.807, 2.05) is 27.7 Å². The number of carbonyl (C=O) groups excluding carboxylic acids is 1. The highest BCUT2D eigenvalue weighted by molar-refractivity contribution is 5.90. The first-order chi connectivity index (χ1) is 11.3. The second-order valence-corrected chi connectivity index (χ2v) is 6.11. The Bertz CT molecular complexity index is 608. The molecule has 24 heavy (non-hydrogen) atoms. The maximum atomic E-state index is 11.5. The summed E-state index contributed by atoms with van der Waals surface area (Å²) < 4.78 is 5.52. The summed E-state index contributed by atoms with van der Waals surface area (Å²) in [5.41, 5.74) is -0.117. The summed E-state index contributed by atoms with van der Waals surface area (Å²) >= 11 is 0. The molecule has 0 atom stereocenters. The molecule has 132 valence electrons. The smallest absolute Gasteiger partial charge is 0.433 e. The molecule has 0 saturated heterocycles. The van der Waals surface area contributed by atoms with Crippen LogP contribution >= 0.6 is 0 Å². The molecule has 1 rings (SSSR count). The molecule has 0 fully saturated rings. The normalized spacial score (nSPS) is 11.8. The number of amides is 1. The van der Waals surface area contributed by atoms with Gasteiger partial charge in [0.1, 0.15) is 12.3 Å². The molecule has 0 saturated carbocycles. The van der Waals surface area contributed by atoms with Crippen LogP contribution in [0.25, 0.3) is 0 Å². The Balaban J connectivity index is 2.81. The third-order valence-electron chi connectivity index (χ3n) is 3.05. The number of benzene rings is 1. The summed E-state index contributed by atoms with van der Waals surface area (Å²) in [4.78, 5) is 26.8. The first kappa shape index (κ1) is 19.4. The molecule has 1 aromatic rings. The van der Waals surface area contributed by atoms with Crippen molar-refractivity contribution < 1.29 is 19.3 Å². The number of para-hydroxylation sites is 2. The molecular weight excluding hydrogens is 314 g/mol. The van der Waals surface area contributed by atoms with Crippen LogP contribution in [0.5, 0.6) is 5.75 Å². The molecule has 0 radical (unpaired) electrons. The Hall–Kier alpha value is -2.64. The monoisotopic (exact) mass is 337 g/mol. The SMILES string of the molecule is CCCNC(=O)O/N=C(\COc1ccccc1[N+](=O)[O-])C(C)(C)C. The van der Waals surface area contributed by atoms with Crippen LogP contribution in [0.2, 0.25) is 0 Å². The van der Waals surface area contributed by atoms with Crippen LogP contribution in [0.15, 0.2) is 29.4 Å². The molecule has 0 aliphatic carbocycles. The number of nitrogens with one attached hydrogen (secondary N) is 1. The van der Waals surface area contributed by atoms with Gasteiger partial charge in [0.2, 0.25) is 0 Å². The van der Waals surface area contributed by atoms with Gasteiger partial charge >= 0.3 is 11.8 Å². The second-order valence-electron chi connectivity index (χ2n) is 6.11. The van der Waals surface area contributed by atoms with Crippen LogP contribution in [-0.2, 0) is 4.84 Å². The van der Waals surface area contributed by atoms with Crippen molar-refractivity contribution in [2.75, 3.05) is 13.2 Å². The van der Waals surface area contributed by atoms with Crippen LogP contribution in [0, 0.1) is 15.5 Å². The highest BCUT2D eigenvalue weighted by atomic mass is 16.7. The van der Waals surface area contributed by atoms with E-state index in [1.165, 1.54) is 12.1 Å². The zero-order valence-electron chi connectivity index (χ0n) is 14.4. The Morgan fingerprint density at radius 2 is 2.00 bits per heavy atom. The van der Waals surface area contributed by atoms with E-state index in [0.29, 0.717) is 12.3 Å². The second kappa shape index (κ2) is 8.85. The van der Waals surface area contributed by atoms with Gasteiger partial charge in [0, 0.05) is 18.0 Å². The zero-order chi connectivity index (χ0) is 18.2. The topological polar surface area (TPSA) is 103 Å². The minimum atomic E-state index is -0.649. The molecular formula is C16H23N3O5. The maximum Gasteiger partial charge on any atom is 0.433 e. The zero-order valence-corrected chi connectivity index (χ0v) is 14.4. The molecule has 1 amide bonds. The van der Waals surface area contributed by atoms with E-state index < -0.39 is 16.4 Å². The summed E-state index contributed by atoms with van der Waals surface area (Å²) in [7, 11) is 0. The number of nitro groups is 1. The molecule has 0 aliphatic heterocycles. The van der Waals surface area contributed by atoms with E-state index in [1.54, 1.807) is 12.1 Å². The summed E-state index contributed by atoms with van der Waals surface area (Å²) in [6, 6.07) is 6.07. The van der Waals surface area contributed by atoms with Crippen LogP contribution in [0.1, 0.15) is 34.1 Å². The average Bonchev–Trinajstić information content (AvgIpc) is 2.51. The van der Waals surface area contributed by atoms with Gasteiger partial charge in [0.25, 0.3) is 0 Å². The molecule has 8 nitrogen and oxygen atoms in total. The average molecular weight is 337 g/mol. The fourth-order valence-corrected chi connectivity index (χ4v) is 1.61. The fraction of sp³-hybridized carbons (Fsp3) is 0.500. The predicted octanol–water partition coefficient (Wildman–Crippen LogP) is 3.51. The molecule has 1 N–H and O–H groups in total. The summed E-state index contributed by atoms with van der Waals surface area (Å²) in [5.74, 6) is 0.134. The number of oxime groups is 1. The van der Waals surface area contributed by atoms with E-state index >= 15 is 0 Å². The molecule has 0 unspecified atom stereocenters. The number of carbonyl (C=O) groups is 1. The third-order valence-corrected chi connectivity index (χ3v) is 3.05. The summed E-state index contributed by atoms with van der Waals surface area (Å²) in [5, 5.41) is 17.4. The first-order valence-corrected chi connectivity index (χ1v) is 7.64. The van der Waals surface area contributed by atoms with Gasteiger partial charge in [-0.15, -0.1) is 0 Å². The van der Waals surface area contributed by atoms with Crippen molar-refractivity contribution in [3.05, 3.63) is 34.4 Å². The minimum Gasteiger partial charge on any atom is -0.480 e. The quantitative estimate of drug-likeness (QED) is 0.355.